The molecule has 2 amide bonds. The molecule has 0 bridgehead atoms. The van der Waals surface area contributed by atoms with Gasteiger partial charge in [0.2, 0.25) is 0 Å². The van der Waals surface area contributed by atoms with E-state index in [2.05, 4.69) is 5.32 Å². The molecule has 0 aromatic rings. The van der Waals surface area contributed by atoms with Crippen LogP contribution in [0.1, 0.15) is 33.1 Å². The lowest BCUT2D eigenvalue weighted by atomic mass is 10.1. The van der Waals surface area contributed by atoms with Gasteiger partial charge in [0.25, 0.3) is 0 Å². The van der Waals surface area contributed by atoms with Crippen molar-refractivity contribution < 1.29 is 14.3 Å². The van der Waals surface area contributed by atoms with E-state index in [1.807, 2.05) is 18.7 Å². The van der Waals surface area contributed by atoms with E-state index in [1.165, 1.54) is 6.42 Å². The van der Waals surface area contributed by atoms with Crippen molar-refractivity contribution in [3.8, 4) is 0 Å². The molecule has 17 heavy (non-hydrogen) atoms. The number of carbonyl (C=O) groups excluding carboxylic acids is 1. The molecule has 0 unspecified atom stereocenters. The van der Waals surface area contributed by atoms with Crippen LogP contribution < -0.4 is 5.32 Å². The van der Waals surface area contributed by atoms with Gasteiger partial charge >= 0.3 is 6.03 Å². The molecule has 0 spiro atoms. The Kier molecular flexibility index (Phi) is 6.96. The zero-order valence-electron chi connectivity index (χ0n) is 10.9. The first-order valence-electron chi connectivity index (χ1n) is 6.53. The minimum Gasteiger partial charge on any atom is -0.351 e. The lowest BCUT2D eigenvalue weighted by Gasteiger charge is -2.27. The molecule has 1 rings (SSSR count). The molecule has 0 aliphatic carbocycles. The van der Waals surface area contributed by atoms with Gasteiger partial charge in [0.05, 0.1) is 6.54 Å². The summed E-state index contributed by atoms with van der Waals surface area (Å²) in [5.41, 5.74) is 0. The average Bonchev–Trinajstić information content (AvgIpc) is 2.37. The summed E-state index contributed by atoms with van der Waals surface area (Å²) in [6.45, 7) is 7.14. The minimum absolute atomic E-state index is 0.00546. The van der Waals surface area contributed by atoms with E-state index in [4.69, 9.17) is 9.47 Å². The van der Waals surface area contributed by atoms with Gasteiger partial charge in [0.1, 0.15) is 0 Å². The highest BCUT2D eigenvalue weighted by atomic mass is 16.7. The summed E-state index contributed by atoms with van der Waals surface area (Å²) < 4.78 is 10.7. The van der Waals surface area contributed by atoms with Gasteiger partial charge in [-0.25, -0.2) is 4.79 Å². The number of likely N-dealkylation sites (tertiary alicyclic amines) is 1. The Bertz CT molecular complexity index is 212. The van der Waals surface area contributed by atoms with Crippen molar-refractivity contribution in [1.82, 2.24) is 10.2 Å². The fraction of sp³-hybridized carbons (Fsp3) is 0.917. The van der Waals surface area contributed by atoms with Crippen LogP contribution >= 0.6 is 0 Å². The second-order valence-electron chi connectivity index (χ2n) is 4.07. The first-order chi connectivity index (χ1) is 8.27. The second-order valence-corrected chi connectivity index (χ2v) is 4.07. The first-order valence-corrected chi connectivity index (χ1v) is 6.53. The quantitative estimate of drug-likeness (QED) is 0.722. The molecule has 1 N–H and O–H groups in total. The third-order valence-electron chi connectivity index (χ3n) is 2.77. The standard InChI is InChI=1S/C12H24N2O3/c1-3-16-11(17-4-2)10-13-12(15)14-8-6-5-7-9-14/h11H,3-10H2,1-2H3,(H,13,15). The van der Waals surface area contributed by atoms with Crippen LogP contribution in [-0.2, 0) is 9.47 Å². The molecule has 1 heterocycles. The SMILES string of the molecule is CCOC(CNC(=O)N1CCCCC1)OCC. The van der Waals surface area contributed by atoms with Crippen molar-refractivity contribution in [1.29, 1.82) is 0 Å². The zero-order valence-corrected chi connectivity index (χ0v) is 10.9. The number of nitrogens with one attached hydrogen (secondary N) is 1. The topological polar surface area (TPSA) is 50.8 Å². The molecule has 1 saturated heterocycles. The molecule has 0 atom stereocenters. The number of urea groups is 1. The summed E-state index contributed by atoms with van der Waals surface area (Å²) in [6.07, 6.45) is 3.10. The summed E-state index contributed by atoms with van der Waals surface area (Å²) in [5, 5.41) is 2.86. The molecular weight excluding hydrogens is 220 g/mol. The Morgan fingerprint density at radius 1 is 1.18 bits per heavy atom. The van der Waals surface area contributed by atoms with Crippen LogP contribution in [0.15, 0.2) is 0 Å². The molecule has 100 valence electrons. The predicted octanol–water partition coefficient (Wildman–Crippen LogP) is 1.58. The predicted molar refractivity (Wildman–Crippen MR) is 65.9 cm³/mol. The first kappa shape index (κ1) is 14.3. The van der Waals surface area contributed by atoms with E-state index in [0.717, 1.165) is 25.9 Å². The lowest BCUT2D eigenvalue weighted by molar-refractivity contribution is -0.131. The number of rotatable bonds is 6. The Balaban J connectivity index is 2.24. The van der Waals surface area contributed by atoms with Gasteiger partial charge in [-0.3, -0.25) is 0 Å². The minimum atomic E-state index is -0.334. The summed E-state index contributed by atoms with van der Waals surface area (Å²) in [7, 11) is 0. The summed E-state index contributed by atoms with van der Waals surface area (Å²) in [5.74, 6) is 0. The number of carbonyl (C=O) groups is 1. The summed E-state index contributed by atoms with van der Waals surface area (Å²) in [4.78, 5) is 13.7. The smallest absolute Gasteiger partial charge is 0.317 e. The summed E-state index contributed by atoms with van der Waals surface area (Å²) in [6, 6.07) is -0.00546. The van der Waals surface area contributed by atoms with E-state index in [9.17, 15) is 4.79 Å². The van der Waals surface area contributed by atoms with Gasteiger partial charge in [0.15, 0.2) is 6.29 Å². The van der Waals surface area contributed by atoms with Gasteiger partial charge in [-0.1, -0.05) is 0 Å². The lowest BCUT2D eigenvalue weighted by Crippen LogP contribution is -2.45. The van der Waals surface area contributed by atoms with E-state index < -0.39 is 0 Å². The highest BCUT2D eigenvalue weighted by Gasteiger charge is 2.17. The molecule has 0 aromatic heterocycles. The summed E-state index contributed by atoms with van der Waals surface area (Å²) >= 11 is 0. The van der Waals surface area contributed by atoms with Crippen LogP contribution in [0.3, 0.4) is 0 Å². The van der Waals surface area contributed by atoms with Crippen LogP contribution in [0, 0.1) is 0 Å². The number of hydrogen-bond acceptors (Lipinski definition) is 3. The Morgan fingerprint density at radius 3 is 2.29 bits per heavy atom. The van der Waals surface area contributed by atoms with Gasteiger partial charge in [0, 0.05) is 26.3 Å². The average molecular weight is 244 g/mol. The molecule has 1 aliphatic rings. The van der Waals surface area contributed by atoms with E-state index in [1.54, 1.807) is 0 Å². The van der Waals surface area contributed by atoms with E-state index in [0.29, 0.717) is 19.8 Å². The molecule has 0 saturated carbocycles. The molecule has 1 fully saturated rings. The Labute approximate surface area is 103 Å². The number of amides is 2. The fourth-order valence-electron chi connectivity index (χ4n) is 1.92. The third-order valence-corrected chi connectivity index (χ3v) is 2.77. The highest BCUT2D eigenvalue weighted by molar-refractivity contribution is 5.74. The van der Waals surface area contributed by atoms with Crippen molar-refractivity contribution in [2.45, 2.75) is 39.4 Å². The maximum Gasteiger partial charge on any atom is 0.317 e. The van der Waals surface area contributed by atoms with Crippen molar-refractivity contribution in [3.05, 3.63) is 0 Å². The Hall–Kier alpha value is -0.810. The molecule has 5 heteroatoms. The Morgan fingerprint density at radius 2 is 1.76 bits per heavy atom. The molecular formula is C12H24N2O3. The fourth-order valence-corrected chi connectivity index (χ4v) is 1.92. The number of hydrogen-bond donors (Lipinski definition) is 1. The second kappa shape index (κ2) is 8.31. The van der Waals surface area contributed by atoms with Crippen molar-refractivity contribution in [2.75, 3.05) is 32.8 Å². The highest BCUT2D eigenvalue weighted by Crippen LogP contribution is 2.08. The van der Waals surface area contributed by atoms with Crippen LogP contribution in [-0.4, -0.2) is 50.1 Å². The van der Waals surface area contributed by atoms with Gasteiger partial charge in [-0.15, -0.1) is 0 Å². The number of nitrogens with zero attached hydrogens (tertiary/aromatic N) is 1. The van der Waals surface area contributed by atoms with Crippen LogP contribution in [0.2, 0.25) is 0 Å². The van der Waals surface area contributed by atoms with Gasteiger partial charge in [-0.05, 0) is 33.1 Å². The third kappa shape index (κ3) is 5.37. The number of ether oxygens (including phenoxy) is 2. The van der Waals surface area contributed by atoms with Crippen molar-refractivity contribution in [2.24, 2.45) is 0 Å². The van der Waals surface area contributed by atoms with Gasteiger partial charge < -0.3 is 19.7 Å². The van der Waals surface area contributed by atoms with E-state index >= 15 is 0 Å². The molecule has 0 aromatic carbocycles. The molecule has 5 nitrogen and oxygen atoms in total. The van der Waals surface area contributed by atoms with Crippen LogP contribution in [0.5, 0.6) is 0 Å². The largest absolute Gasteiger partial charge is 0.351 e. The van der Waals surface area contributed by atoms with E-state index in [-0.39, 0.29) is 12.3 Å². The molecule has 1 aliphatic heterocycles. The number of piperidine rings is 1. The monoisotopic (exact) mass is 244 g/mol. The van der Waals surface area contributed by atoms with Crippen molar-refractivity contribution in [3.63, 3.8) is 0 Å². The van der Waals surface area contributed by atoms with Crippen LogP contribution in [0.25, 0.3) is 0 Å². The van der Waals surface area contributed by atoms with Gasteiger partial charge in [-0.2, -0.15) is 0 Å². The maximum atomic E-state index is 11.8. The normalized spacial score (nSPS) is 16.3. The maximum absolute atomic E-state index is 11.8. The van der Waals surface area contributed by atoms with Crippen molar-refractivity contribution >= 4 is 6.03 Å². The van der Waals surface area contributed by atoms with Crippen LogP contribution in [0.4, 0.5) is 4.79 Å². The zero-order chi connectivity index (χ0) is 12.5. The molecule has 0 radical (unpaired) electrons.